The van der Waals surface area contributed by atoms with Crippen LogP contribution in [0.5, 0.6) is 0 Å². The first-order chi connectivity index (χ1) is 5.47. The van der Waals surface area contributed by atoms with E-state index in [1.54, 1.807) is 4.52 Å². The highest BCUT2D eigenvalue weighted by molar-refractivity contribution is 5.34. The van der Waals surface area contributed by atoms with Gasteiger partial charge in [-0.05, 0) is 12.1 Å². The van der Waals surface area contributed by atoms with Crippen LogP contribution in [0.1, 0.15) is 13.8 Å². The van der Waals surface area contributed by atoms with Gasteiger partial charge in [0.25, 0.3) is 0 Å². The molecule has 0 saturated heterocycles. The molecule has 0 spiro atoms. The van der Waals surface area contributed by atoms with E-state index in [4.69, 9.17) is 0 Å². The average Bonchev–Trinajstić information content (AvgIpc) is 2.55. The quantitative estimate of drug-likeness (QED) is 0.571. The Hall–Kier alpha value is -1.38. The zero-order valence-corrected chi connectivity index (χ0v) is 6.73. The van der Waals surface area contributed by atoms with Gasteiger partial charge in [-0.25, -0.2) is 9.50 Å². The van der Waals surface area contributed by atoms with E-state index in [1.165, 1.54) is 6.33 Å². The molecule has 0 saturated carbocycles. The van der Waals surface area contributed by atoms with E-state index < -0.39 is 0 Å². The Kier molecular flexibility index (Phi) is 2.60. The number of hydrogen-bond donors (Lipinski definition) is 0. The second-order valence-electron chi connectivity index (χ2n) is 1.76. The van der Waals surface area contributed by atoms with Crippen LogP contribution >= 0.6 is 0 Å². The second kappa shape index (κ2) is 3.71. The van der Waals surface area contributed by atoms with E-state index in [-0.39, 0.29) is 0 Å². The van der Waals surface area contributed by atoms with Crippen LogP contribution in [-0.2, 0) is 0 Å². The van der Waals surface area contributed by atoms with Crippen LogP contribution in [0.25, 0.3) is 5.65 Å². The lowest BCUT2D eigenvalue weighted by Gasteiger charge is -1.84. The van der Waals surface area contributed by atoms with Gasteiger partial charge in [0.05, 0.1) is 0 Å². The summed E-state index contributed by atoms with van der Waals surface area (Å²) < 4.78 is 1.72. The molecule has 0 aliphatic carbocycles. The predicted octanol–water partition coefficient (Wildman–Crippen LogP) is 1.76. The highest BCUT2D eigenvalue weighted by Gasteiger charge is 1.86. The van der Waals surface area contributed by atoms with Crippen LogP contribution in [0.15, 0.2) is 30.7 Å². The Morgan fingerprint density at radius 3 is 2.82 bits per heavy atom. The highest BCUT2D eigenvalue weighted by atomic mass is 15.3. The van der Waals surface area contributed by atoms with Crippen LogP contribution in [0.3, 0.4) is 0 Å². The lowest BCUT2D eigenvalue weighted by atomic mass is 10.5. The van der Waals surface area contributed by atoms with Gasteiger partial charge < -0.3 is 0 Å². The van der Waals surface area contributed by atoms with E-state index in [1.807, 2.05) is 38.2 Å². The molecule has 2 aromatic heterocycles. The molecule has 0 bridgehead atoms. The Morgan fingerprint density at radius 2 is 2.09 bits per heavy atom. The fourth-order valence-electron chi connectivity index (χ4n) is 0.766. The summed E-state index contributed by atoms with van der Waals surface area (Å²) in [5.41, 5.74) is 0.887. The summed E-state index contributed by atoms with van der Waals surface area (Å²) in [6, 6.07) is 5.76. The first kappa shape index (κ1) is 7.72. The zero-order chi connectivity index (χ0) is 8.10. The van der Waals surface area contributed by atoms with Crippen molar-refractivity contribution in [2.45, 2.75) is 13.8 Å². The molecule has 0 N–H and O–H groups in total. The first-order valence-electron chi connectivity index (χ1n) is 3.71. The fraction of sp³-hybridized carbons (Fsp3) is 0.250. The lowest BCUT2D eigenvalue weighted by Crippen LogP contribution is -1.82. The molecular formula is C8H11N3. The van der Waals surface area contributed by atoms with Crippen molar-refractivity contribution in [1.29, 1.82) is 0 Å². The van der Waals surface area contributed by atoms with Crippen LogP contribution in [-0.4, -0.2) is 14.6 Å². The summed E-state index contributed by atoms with van der Waals surface area (Å²) in [5.74, 6) is 0. The average molecular weight is 149 g/mol. The smallest absolute Gasteiger partial charge is 0.155 e. The number of pyridine rings is 1. The molecule has 58 valence electrons. The van der Waals surface area contributed by atoms with Gasteiger partial charge in [-0.2, -0.15) is 5.10 Å². The minimum atomic E-state index is 0.887. The molecule has 0 aliphatic rings. The van der Waals surface area contributed by atoms with Crippen molar-refractivity contribution in [3.63, 3.8) is 0 Å². The summed E-state index contributed by atoms with van der Waals surface area (Å²) in [6.45, 7) is 4.00. The monoisotopic (exact) mass is 149 g/mol. The third kappa shape index (κ3) is 1.55. The molecule has 2 aromatic rings. The predicted molar refractivity (Wildman–Crippen MR) is 44.3 cm³/mol. The topological polar surface area (TPSA) is 30.2 Å². The molecule has 2 heterocycles. The van der Waals surface area contributed by atoms with Gasteiger partial charge in [-0.3, -0.25) is 0 Å². The molecule has 11 heavy (non-hydrogen) atoms. The van der Waals surface area contributed by atoms with Crippen molar-refractivity contribution in [2.24, 2.45) is 0 Å². The van der Waals surface area contributed by atoms with Crippen LogP contribution in [0.2, 0.25) is 0 Å². The lowest BCUT2D eigenvalue weighted by molar-refractivity contribution is 0.961. The molecule has 0 aromatic carbocycles. The van der Waals surface area contributed by atoms with E-state index in [0.29, 0.717) is 0 Å². The largest absolute Gasteiger partial charge is 0.221 e. The second-order valence-corrected chi connectivity index (χ2v) is 1.76. The van der Waals surface area contributed by atoms with Crippen molar-refractivity contribution < 1.29 is 0 Å². The van der Waals surface area contributed by atoms with Crippen LogP contribution in [0.4, 0.5) is 0 Å². The molecule has 3 nitrogen and oxygen atoms in total. The Bertz CT molecular complexity index is 283. The summed E-state index contributed by atoms with van der Waals surface area (Å²) in [4.78, 5) is 3.97. The Balaban J connectivity index is 0.000000281. The SMILES string of the molecule is CC.c1ccn2ncnc2c1. The maximum Gasteiger partial charge on any atom is 0.155 e. The summed E-state index contributed by atoms with van der Waals surface area (Å²) in [6.07, 6.45) is 3.40. The third-order valence-electron chi connectivity index (χ3n) is 1.18. The molecule has 0 atom stereocenters. The molecule has 0 amide bonds. The van der Waals surface area contributed by atoms with Crippen molar-refractivity contribution in [3.05, 3.63) is 30.7 Å². The Labute approximate surface area is 65.7 Å². The van der Waals surface area contributed by atoms with Gasteiger partial charge in [-0.15, -0.1) is 0 Å². The molecule has 0 aliphatic heterocycles. The van der Waals surface area contributed by atoms with Gasteiger partial charge in [0.1, 0.15) is 6.33 Å². The van der Waals surface area contributed by atoms with Gasteiger partial charge in [0, 0.05) is 6.20 Å². The zero-order valence-electron chi connectivity index (χ0n) is 6.73. The van der Waals surface area contributed by atoms with E-state index in [0.717, 1.165) is 5.65 Å². The van der Waals surface area contributed by atoms with E-state index in [9.17, 15) is 0 Å². The van der Waals surface area contributed by atoms with Crippen molar-refractivity contribution >= 4 is 5.65 Å². The molecular weight excluding hydrogens is 138 g/mol. The van der Waals surface area contributed by atoms with Gasteiger partial charge in [0.15, 0.2) is 5.65 Å². The standard InChI is InChI=1S/C6H5N3.C2H6/c1-2-4-9-6(3-1)7-5-8-9;1-2/h1-5H;1-2H3. The van der Waals surface area contributed by atoms with E-state index >= 15 is 0 Å². The third-order valence-corrected chi connectivity index (χ3v) is 1.18. The number of rotatable bonds is 0. The first-order valence-corrected chi connectivity index (χ1v) is 3.71. The maximum absolute atomic E-state index is 3.97. The van der Waals surface area contributed by atoms with Crippen molar-refractivity contribution in [1.82, 2.24) is 14.6 Å². The minimum Gasteiger partial charge on any atom is -0.221 e. The minimum absolute atomic E-state index is 0.887. The molecule has 3 heteroatoms. The molecule has 0 radical (unpaired) electrons. The normalized spacial score (nSPS) is 8.91. The van der Waals surface area contributed by atoms with Crippen molar-refractivity contribution in [3.8, 4) is 0 Å². The fourth-order valence-corrected chi connectivity index (χ4v) is 0.766. The van der Waals surface area contributed by atoms with Crippen LogP contribution in [0, 0.1) is 0 Å². The van der Waals surface area contributed by atoms with Gasteiger partial charge in [0.2, 0.25) is 0 Å². The molecule has 0 fully saturated rings. The highest BCUT2D eigenvalue weighted by Crippen LogP contribution is 1.93. The number of fused-ring (bicyclic) bond motifs is 1. The molecule has 2 rings (SSSR count). The Morgan fingerprint density at radius 1 is 1.27 bits per heavy atom. The van der Waals surface area contributed by atoms with Gasteiger partial charge in [-0.1, -0.05) is 19.9 Å². The summed E-state index contributed by atoms with van der Waals surface area (Å²) in [7, 11) is 0. The number of hydrogen-bond acceptors (Lipinski definition) is 2. The van der Waals surface area contributed by atoms with Gasteiger partial charge >= 0.3 is 0 Å². The van der Waals surface area contributed by atoms with Crippen molar-refractivity contribution in [2.75, 3.05) is 0 Å². The maximum atomic E-state index is 3.97. The summed E-state index contributed by atoms with van der Waals surface area (Å²) >= 11 is 0. The van der Waals surface area contributed by atoms with E-state index in [2.05, 4.69) is 10.1 Å². The number of aromatic nitrogens is 3. The molecule has 0 unspecified atom stereocenters. The van der Waals surface area contributed by atoms with Crippen LogP contribution < -0.4 is 0 Å². The summed E-state index contributed by atoms with van der Waals surface area (Å²) in [5, 5.41) is 3.92. The number of nitrogens with zero attached hydrogens (tertiary/aromatic N) is 3.